The van der Waals surface area contributed by atoms with E-state index in [4.69, 9.17) is 5.73 Å². The third-order valence-corrected chi connectivity index (χ3v) is 0.934. The molecule has 0 aliphatic rings. The van der Waals surface area contributed by atoms with Crippen molar-refractivity contribution < 1.29 is 32.7 Å². The van der Waals surface area contributed by atoms with Crippen molar-refractivity contribution in [3.8, 4) is 0 Å². The SMILES string of the molecule is [CH2-]C(C)(C)CC(C)(C)N.[Y]. The average Bonchev–Trinajstić information content (AvgIpc) is 1.14. The van der Waals surface area contributed by atoms with Crippen LogP contribution < -0.4 is 5.73 Å². The molecule has 0 saturated heterocycles. The second-order valence-corrected chi connectivity index (χ2v) is 4.33. The zero-order valence-corrected chi connectivity index (χ0v) is 10.4. The zero-order chi connectivity index (χ0) is 7.71. The van der Waals surface area contributed by atoms with E-state index in [1.54, 1.807) is 0 Å². The maximum Gasteiger partial charge on any atom is 0.00774 e. The first-order valence-electron chi connectivity index (χ1n) is 3.35. The van der Waals surface area contributed by atoms with Gasteiger partial charge in [0.25, 0.3) is 0 Å². The molecule has 59 valence electrons. The predicted molar refractivity (Wildman–Crippen MR) is 42.0 cm³/mol. The van der Waals surface area contributed by atoms with Gasteiger partial charge in [-0.1, -0.05) is 20.3 Å². The van der Waals surface area contributed by atoms with E-state index in [1.165, 1.54) is 0 Å². The van der Waals surface area contributed by atoms with Gasteiger partial charge in [-0.05, 0) is 13.8 Å². The van der Waals surface area contributed by atoms with Crippen LogP contribution >= 0.6 is 0 Å². The van der Waals surface area contributed by atoms with Crippen molar-refractivity contribution in [3.63, 3.8) is 0 Å². The summed E-state index contributed by atoms with van der Waals surface area (Å²) < 4.78 is 0. The number of rotatable bonds is 2. The minimum atomic E-state index is -0.0781. The molecule has 0 fully saturated rings. The fraction of sp³-hybridized carbons (Fsp3) is 0.875. The summed E-state index contributed by atoms with van der Waals surface area (Å²) in [5, 5.41) is 0. The zero-order valence-electron chi connectivity index (χ0n) is 7.57. The molecule has 1 nitrogen and oxygen atoms in total. The normalized spacial score (nSPS) is 12.6. The van der Waals surface area contributed by atoms with E-state index >= 15 is 0 Å². The second kappa shape index (κ2) is 4.18. The molecule has 0 aliphatic carbocycles. The van der Waals surface area contributed by atoms with Gasteiger partial charge in [-0.2, -0.15) is 5.41 Å². The molecule has 1 radical (unpaired) electrons. The maximum atomic E-state index is 5.78. The van der Waals surface area contributed by atoms with Crippen LogP contribution in [0.1, 0.15) is 34.1 Å². The summed E-state index contributed by atoms with van der Waals surface area (Å²) >= 11 is 0. The molecule has 0 saturated carbocycles. The van der Waals surface area contributed by atoms with Crippen molar-refractivity contribution in [2.75, 3.05) is 0 Å². The number of nitrogens with two attached hydrogens (primary N) is 1. The molecule has 0 rings (SSSR count). The molecule has 0 heterocycles. The fourth-order valence-electron chi connectivity index (χ4n) is 1.23. The van der Waals surface area contributed by atoms with Crippen LogP contribution in [-0.4, -0.2) is 5.54 Å². The Morgan fingerprint density at radius 2 is 1.50 bits per heavy atom. The monoisotopic (exact) mass is 217 g/mol. The average molecular weight is 217 g/mol. The number of hydrogen-bond acceptors (Lipinski definition) is 1. The summed E-state index contributed by atoms with van der Waals surface area (Å²) in [6.45, 7) is 12.2. The maximum absolute atomic E-state index is 5.78. The second-order valence-electron chi connectivity index (χ2n) is 4.33. The fourth-order valence-corrected chi connectivity index (χ4v) is 1.23. The molecule has 2 heteroatoms. The molecular weight excluding hydrogens is 199 g/mol. The minimum Gasteiger partial charge on any atom is -0.338 e. The smallest absolute Gasteiger partial charge is 0.00774 e. The van der Waals surface area contributed by atoms with Crippen LogP contribution in [0.3, 0.4) is 0 Å². The van der Waals surface area contributed by atoms with Crippen LogP contribution in [0.5, 0.6) is 0 Å². The van der Waals surface area contributed by atoms with Crippen molar-refractivity contribution in [1.82, 2.24) is 0 Å². The molecule has 0 aromatic rings. The summed E-state index contributed by atoms with van der Waals surface area (Å²) in [5.41, 5.74) is 5.81. The van der Waals surface area contributed by atoms with Crippen LogP contribution in [0.4, 0.5) is 0 Å². The quantitative estimate of drug-likeness (QED) is 0.703. The molecule has 0 unspecified atom stereocenters. The summed E-state index contributed by atoms with van der Waals surface area (Å²) in [7, 11) is 0. The Labute approximate surface area is 90.0 Å². The van der Waals surface area contributed by atoms with E-state index in [-0.39, 0.29) is 43.7 Å². The predicted octanol–water partition coefficient (Wildman–Crippen LogP) is 1.97. The summed E-state index contributed by atoms with van der Waals surface area (Å²) in [4.78, 5) is 0. The van der Waals surface area contributed by atoms with E-state index in [9.17, 15) is 0 Å². The molecule has 0 spiro atoms. The van der Waals surface area contributed by atoms with Crippen LogP contribution in [0.15, 0.2) is 0 Å². The Bertz CT molecular complexity index is 74.4. The first-order chi connectivity index (χ1) is 3.71. The van der Waals surface area contributed by atoms with E-state index in [0.29, 0.717) is 0 Å². The van der Waals surface area contributed by atoms with E-state index in [0.717, 1.165) is 6.42 Å². The molecule has 0 atom stereocenters. The molecule has 0 amide bonds. The van der Waals surface area contributed by atoms with Crippen LogP contribution in [0.25, 0.3) is 0 Å². The Morgan fingerprint density at radius 1 is 1.20 bits per heavy atom. The van der Waals surface area contributed by atoms with Gasteiger partial charge in [0.2, 0.25) is 0 Å². The summed E-state index contributed by atoms with van der Waals surface area (Å²) in [5.74, 6) is 0. The summed E-state index contributed by atoms with van der Waals surface area (Å²) in [6.07, 6.45) is 0.958. The van der Waals surface area contributed by atoms with Gasteiger partial charge < -0.3 is 12.7 Å². The van der Waals surface area contributed by atoms with Crippen molar-refractivity contribution in [3.05, 3.63) is 6.92 Å². The van der Waals surface area contributed by atoms with Gasteiger partial charge in [0.05, 0.1) is 0 Å². The third kappa shape index (κ3) is 11.8. The Kier molecular flexibility index (Phi) is 5.70. The van der Waals surface area contributed by atoms with Gasteiger partial charge in [0.1, 0.15) is 0 Å². The molecule has 0 aromatic carbocycles. The molecule has 0 aliphatic heterocycles. The molecule has 0 aromatic heterocycles. The standard InChI is InChI=1S/C8H18N.Y/c1-7(2,3)6-8(4,5)9;/h1,6,9H2,2-5H3;/q-1;. The largest absolute Gasteiger partial charge is 0.338 e. The van der Waals surface area contributed by atoms with Gasteiger partial charge >= 0.3 is 0 Å². The van der Waals surface area contributed by atoms with Crippen LogP contribution in [-0.2, 0) is 32.7 Å². The summed E-state index contributed by atoms with van der Waals surface area (Å²) in [6, 6.07) is 0. The van der Waals surface area contributed by atoms with Crippen molar-refractivity contribution in [2.45, 2.75) is 39.7 Å². The van der Waals surface area contributed by atoms with Crippen LogP contribution in [0, 0.1) is 12.3 Å². The van der Waals surface area contributed by atoms with E-state index < -0.39 is 0 Å². The minimum absolute atomic E-state index is 0. The molecule has 0 bridgehead atoms. The first-order valence-corrected chi connectivity index (χ1v) is 3.35. The Balaban J connectivity index is 0. The van der Waals surface area contributed by atoms with Gasteiger partial charge in [0, 0.05) is 38.2 Å². The van der Waals surface area contributed by atoms with Gasteiger partial charge in [0.15, 0.2) is 0 Å². The van der Waals surface area contributed by atoms with Gasteiger partial charge in [-0.25, -0.2) is 0 Å². The molecular formula is C8H18NY-. The Hall–Kier alpha value is 1.06. The van der Waals surface area contributed by atoms with Crippen molar-refractivity contribution >= 4 is 0 Å². The van der Waals surface area contributed by atoms with Crippen molar-refractivity contribution in [2.24, 2.45) is 11.1 Å². The third-order valence-electron chi connectivity index (χ3n) is 0.934. The van der Waals surface area contributed by atoms with Gasteiger partial charge in [-0.3, -0.25) is 0 Å². The van der Waals surface area contributed by atoms with E-state index in [1.807, 2.05) is 13.8 Å². The number of hydrogen-bond donors (Lipinski definition) is 1. The first kappa shape index (κ1) is 13.6. The topological polar surface area (TPSA) is 26.0 Å². The van der Waals surface area contributed by atoms with Crippen LogP contribution in [0.2, 0.25) is 0 Å². The van der Waals surface area contributed by atoms with E-state index in [2.05, 4.69) is 20.8 Å². The molecule has 2 N–H and O–H groups in total. The van der Waals surface area contributed by atoms with Crippen molar-refractivity contribution in [1.29, 1.82) is 0 Å². The Morgan fingerprint density at radius 3 is 1.50 bits per heavy atom. The van der Waals surface area contributed by atoms with Gasteiger partial charge in [-0.15, -0.1) is 0 Å². The molecule has 10 heavy (non-hydrogen) atoms.